The van der Waals surface area contributed by atoms with Crippen molar-refractivity contribution in [2.45, 2.75) is 44.1 Å². The fraction of sp³-hybridized carbons (Fsp3) is 0.345. The number of carbonyl (C=O) groups is 1. The number of hydrogen-bond donors (Lipinski definition) is 3. The van der Waals surface area contributed by atoms with Crippen LogP contribution in [0.3, 0.4) is 0 Å². The number of β-amino-alcohol motifs (C(OH)–C–C–N with tert-alkyl or cyclic N) is 1. The molecule has 4 unspecified atom stereocenters. The highest BCUT2D eigenvalue weighted by Gasteiger charge is 2.35. The maximum absolute atomic E-state index is 14.0. The highest BCUT2D eigenvalue weighted by Crippen LogP contribution is 2.38. The molecule has 218 valence electrons. The van der Waals surface area contributed by atoms with Crippen LogP contribution in [0, 0.1) is 29.1 Å². The molecule has 3 N–H and O–H groups in total. The summed E-state index contributed by atoms with van der Waals surface area (Å²) in [6, 6.07) is 13.2. The number of aliphatic hydroxyl groups is 2. The van der Waals surface area contributed by atoms with Crippen molar-refractivity contribution in [3.63, 3.8) is 0 Å². The molecule has 2 saturated heterocycles. The minimum absolute atomic E-state index is 0.0391. The number of halogens is 5. The summed E-state index contributed by atoms with van der Waals surface area (Å²) in [6.07, 6.45) is -0.610. The number of ether oxygens (including phenoxy) is 2. The second kappa shape index (κ2) is 12.2. The van der Waals surface area contributed by atoms with Gasteiger partial charge in [-0.05, 0) is 29.7 Å². The van der Waals surface area contributed by atoms with Gasteiger partial charge in [0.1, 0.15) is 5.56 Å². The predicted octanol–water partition coefficient (Wildman–Crippen LogP) is 4.74. The van der Waals surface area contributed by atoms with Crippen LogP contribution >= 0.6 is 0 Å². The number of nitrogens with one attached hydrogen (secondary N) is 1. The van der Waals surface area contributed by atoms with E-state index in [9.17, 15) is 37.0 Å². The van der Waals surface area contributed by atoms with E-state index in [2.05, 4.69) is 10.2 Å². The molecule has 0 aliphatic carbocycles. The first kappa shape index (κ1) is 29.1. The van der Waals surface area contributed by atoms with E-state index >= 15 is 0 Å². The van der Waals surface area contributed by atoms with E-state index in [1.807, 2.05) is 12.1 Å². The minimum Gasteiger partial charge on any atom is -0.392 e. The zero-order valence-corrected chi connectivity index (χ0v) is 21.6. The summed E-state index contributed by atoms with van der Waals surface area (Å²) in [4.78, 5) is 14.5. The Labute approximate surface area is 232 Å². The molecular weight excluding hydrogens is 551 g/mol. The Morgan fingerprint density at radius 1 is 0.878 bits per heavy atom. The molecule has 0 saturated carbocycles. The normalized spacial score (nSPS) is 23.1. The molecule has 41 heavy (non-hydrogen) atoms. The molecule has 2 fully saturated rings. The van der Waals surface area contributed by atoms with E-state index in [1.165, 1.54) is 12.1 Å². The maximum atomic E-state index is 14.0. The quantitative estimate of drug-likeness (QED) is 0.213. The number of carbonyl (C=O) groups excluding carboxylic acids is 1. The summed E-state index contributed by atoms with van der Waals surface area (Å²) in [5, 5.41) is 21.4. The average molecular weight is 579 g/mol. The number of anilines is 1. The van der Waals surface area contributed by atoms with Crippen molar-refractivity contribution in [3.8, 4) is 0 Å². The molecule has 3 aromatic carbocycles. The van der Waals surface area contributed by atoms with E-state index < -0.39 is 46.8 Å². The zero-order valence-electron chi connectivity index (χ0n) is 21.6. The standard InChI is InChI=1S/C29H27F5N2O5/c30-23-22(24(31)26(33)27(34)25(23)32)28(39)35-18-7-5-17(6-8-18)29-40-20(13-36-10-9-19(38)12-36)11-21(41-29)16-3-1-15(14-37)2-4-16/h1-8,19-21,29,37-38H,9-14H2,(H,35,39). The summed E-state index contributed by atoms with van der Waals surface area (Å²) in [7, 11) is 0. The van der Waals surface area contributed by atoms with Gasteiger partial charge in [0.05, 0.1) is 24.9 Å². The number of rotatable bonds is 7. The molecule has 0 spiro atoms. The lowest BCUT2D eigenvalue weighted by Gasteiger charge is -2.37. The Kier molecular flexibility index (Phi) is 8.66. The summed E-state index contributed by atoms with van der Waals surface area (Å²) in [5.74, 6) is -12.7. The van der Waals surface area contributed by atoms with Crippen LogP contribution in [-0.2, 0) is 16.1 Å². The lowest BCUT2D eigenvalue weighted by atomic mass is 9.99. The lowest BCUT2D eigenvalue weighted by molar-refractivity contribution is -0.252. The predicted molar refractivity (Wildman–Crippen MR) is 136 cm³/mol. The largest absolute Gasteiger partial charge is 0.392 e. The molecule has 0 radical (unpaired) electrons. The van der Waals surface area contributed by atoms with Crippen LogP contribution in [0.15, 0.2) is 48.5 Å². The fourth-order valence-electron chi connectivity index (χ4n) is 5.02. The molecule has 1 amide bonds. The van der Waals surface area contributed by atoms with E-state index in [4.69, 9.17) is 9.47 Å². The Bertz CT molecular complexity index is 1380. The van der Waals surface area contributed by atoms with Crippen molar-refractivity contribution < 1.29 is 46.4 Å². The molecule has 2 heterocycles. The number of likely N-dealkylation sites (tertiary alicyclic amines) is 1. The molecule has 3 aromatic rings. The zero-order chi connectivity index (χ0) is 29.3. The first-order valence-corrected chi connectivity index (χ1v) is 13.0. The van der Waals surface area contributed by atoms with Crippen molar-refractivity contribution in [3.05, 3.63) is 99.9 Å². The number of hydrogen-bond acceptors (Lipinski definition) is 6. The van der Waals surface area contributed by atoms with Gasteiger partial charge in [-0.25, -0.2) is 22.0 Å². The van der Waals surface area contributed by atoms with Crippen LogP contribution in [0.25, 0.3) is 0 Å². The third-order valence-electron chi connectivity index (χ3n) is 7.20. The van der Waals surface area contributed by atoms with Crippen LogP contribution in [0.5, 0.6) is 0 Å². The fourth-order valence-corrected chi connectivity index (χ4v) is 5.02. The Morgan fingerprint density at radius 3 is 2.07 bits per heavy atom. The number of amides is 1. The van der Waals surface area contributed by atoms with Gasteiger partial charge in [-0.3, -0.25) is 9.69 Å². The van der Waals surface area contributed by atoms with Crippen LogP contribution in [-0.4, -0.2) is 52.9 Å². The molecular formula is C29H27F5N2O5. The molecule has 12 heteroatoms. The topological polar surface area (TPSA) is 91.3 Å². The monoisotopic (exact) mass is 578 g/mol. The van der Waals surface area contributed by atoms with Gasteiger partial charge in [-0.2, -0.15) is 0 Å². The Balaban J connectivity index is 1.33. The smallest absolute Gasteiger partial charge is 0.261 e. The van der Waals surface area contributed by atoms with E-state index in [-0.39, 0.29) is 30.6 Å². The summed E-state index contributed by atoms with van der Waals surface area (Å²) >= 11 is 0. The summed E-state index contributed by atoms with van der Waals surface area (Å²) < 4.78 is 81.0. The highest BCUT2D eigenvalue weighted by atomic mass is 19.2. The summed E-state index contributed by atoms with van der Waals surface area (Å²) in [6.45, 7) is 1.75. The number of nitrogens with zero attached hydrogens (tertiary/aromatic N) is 1. The van der Waals surface area contributed by atoms with Crippen LogP contribution in [0.2, 0.25) is 0 Å². The first-order chi connectivity index (χ1) is 19.6. The molecule has 0 bridgehead atoms. The van der Waals surface area contributed by atoms with Crippen molar-refractivity contribution >= 4 is 11.6 Å². The van der Waals surface area contributed by atoms with Gasteiger partial charge in [0.15, 0.2) is 29.6 Å². The van der Waals surface area contributed by atoms with Gasteiger partial charge in [-0.15, -0.1) is 0 Å². The third-order valence-corrected chi connectivity index (χ3v) is 7.20. The van der Waals surface area contributed by atoms with E-state index in [1.54, 1.807) is 24.3 Å². The molecule has 5 rings (SSSR count). The van der Waals surface area contributed by atoms with Crippen LogP contribution in [0.1, 0.15) is 52.3 Å². The van der Waals surface area contributed by atoms with Gasteiger partial charge in [0, 0.05) is 37.3 Å². The van der Waals surface area contributed by atoms with Gasteiger partial charge < -0.3 is 25.0 Å². The van der Waals surface area contributed by atoms with Gasteiger partial charge in [0.25, 0.3) is 5.91 Å². The van der Waals surface area contributed by atoms with Crippen molar-refractivity contribution in [2.24, 2.45) is 0 Å². The lowest BCUT2D eigenvalue weighted by Crippen LogP contribution is -2.38. The number of benzene rings is 3. The van der Waals surface area contributed by atoms with Crippen LogP contribution < -0.4 is 5.32 Å². The first-order valence-electron chi connectivity index (χ1n) is 13.0. The SMILES string of the molecule is O=C(Nc1ccc(C2OC(CN3CCC(O)C3)CC(c3ccc(CO)cc3)O2)cc1)c1c(F)c(F)c(F)c(F)c1F. The molecule has 4 atom stereocenters. The van der Waals surface area contributed by atoms with Gasteiger partial charge >= 0.3 is 0 Å². The minimum atomic E-state index is -2.35. The Morgan fingerprint density at radius 2 is 1.49 bits per heavy atom. The van der Waals surface area contributed by atoms with Crippen molar-refractivity contribution in [1.82, 2.24) is 4.90 Å². The highest BCUT2D eigenvalue weighted by molar-refractivity contribution is 6.04. The summed E-state index contributed by atoms with van der Waals surface area (Å²) in [5.41, 5.74) is 0.645. The van der Waals surface area contributed by atoms with Gasteiger partial charge in [-0.1, -0.05) is 36.4 Å². The molecule has 7 nitrogen and oxygen atoms in total. The molecule has 2 aliphatic rings. The molecule has 2 aliphatic heterocycles. The second-order valence-electron chi connectivity index (χ2n) is 10.1. The van der Waals surface area contributed by atoms with Gasteiger partial charge in [0.2, 0.25) is 5.82 Å². The van der Waals surface area contributed by atoms with Crippen molar-refractivity contribution in [2.75, 3.05) is 25.0 Å². The Hall–Kier alpha value is -3.42. The third kappa shape index (κ3) is 6.26. The van der Waals surface area contributed by atoms with Crippen molar-refractivity contribution in [1.29, 1.82) is 0 Å². The van der Waals surface area contributed by atoms with E-state index in [0.29, 0.717) is 31.5 Å². The number of aliphatic hydroxyl groups excluding tert-OH is 2. The van der Waals surface area contributed by atoms with E-state index in [0.717, 1.165) is 17.7 Å². The molecule has 0 aromatic heterocycles. The second-order valence-corrected chi connectivity index (χ2v) is 10.1. The maximum Gasteiger partial charge on any atom is 0.261 e. The van der Waals surface area contributed by atoms with Crippen LogP contribution in [0.4, 0.5) is 27.6 Å². The average Bonchev–Trinajstić information content (AvgIpc) is 3.39.